The van der Waals surface area contributed by atoms with Crippen LogP contribution in [0.15, 0.2) is 0 Å². The summed E-state index contributed by atoms with van der Waals surface area (Å²) in [5.74, 6) is -1.38. The van der Waals surface area contributed by atoms with E-state index < -0.39 is 36.3 Å². The number of fused-ring (bicyclic) bond motifs is 3. The number of carbonyl (C=O) groups is 3. The highest BCUT2D eigenvalue weighted by Gasteiger charge is 2.70. The number of morpholine rings is 1. The molecule has 6 fully saturated rings. The van der Waals surface area contributed by atoms with Gasteiger partial charge in [-0.1, -0.05) is 13.8 Å². The Bertz CT molecular complexity index is 856. The number of hydrogen-bond donors (Lipinski definition) is 0. The average Bonchev–Trinajstić information content (AvgIpc) is 3.62. The number of hydrogen-bond acceptors (Lipinski definition) is 9. The van der Waals surface area contributed by atoms with E-state index in [0.29, 0.717) is 38.6 Å². The Morgan fingerprint density at radius 3 is 2.57 bits per heavy atom. The van der Waals surface area contributed by atoms with Gasteiger partial charge in [-0.2, -0.15) is 0 Å². The molecule has 0 N–H and O–H groups in total. The zero-order valence-corrected chi connectivity index (χ0v) is 20.6. The largest absolute Gasteiger partial charge is 0.458 e. The van der Waals surface area contributed by atoms with Crippen LogP contribution in [-0.4, -0.2) is 80.3 Å². The lowest BCUT2D eigenvalue weighted by atomic mass is 9.78. The number of esters is 3. The third-order valence-electron chi connectivity index (χ3n) is 9.30. The fraction of sp³-hybridized carbons (Fsp3) is 0.885. The lowest BCUT2D eigenvalue weighted by Gasteiger charge is -2.34. The summed E-state index contributed by atoms with van der Waals surface area (Å²) in [6.45, 7) is 6.70. The molecule has 0 aromatic carbocycles. The SMILES string of the molecule is CC(C)C(OC(=O)C1C2CC3C(OC(=O)C31)C2OC(=O)CN1CCOCC1)OC1CC2CCC1C2. The van der Waals surface area contributed by atoms with Crippen LogP contribution < -0.4 is 0 Å². The van der Waals surface area contributed by atoms with E-state index in [-0.39, 0.29) is 42.3 Å². The highest BCUT2D eigenvalue weighted by atomic mass is 16.7. The summed E-state index contributed by atoms with van der Waals surface area (Å²) < 4.78 is 29.1. The van der Waals surface area contributed by atoms with Crippen molar-refractivity contribution in [2.45, 2.75) is 70.6 Å². The fourth-order valence-corrected chi connectivity index (χ4v) is 7.64. The molecule has 6 rings (SSSR count). The maximum absolute atomic E-state index is 13.5. The van der Waals surface area contributed by atoms with Crippen LogP contribution in [0, 0.1) is 41.4 Å². The minimum atomic E-state index is -0.655. The minimum Gasteiger partial charge on any atom is -0.458 e. The summed E-state index contributed by atoms with van der Waals surface area (Å²) in [4.78, 5) is 40.9. The molecule has 0 spiro atoms. The molecule has 35 heavy (non-hydrogen) atoms. The normalized spacial score (nSPS) is 42.5. The van der Waals surface area contributed by atoms with Gasteiger partial charge in [-0.05, 0) is 43.9 Å². The molecule has 9 nitrogen and oxygen atoms in total. The van der Waals surface area contributed by atoms with Gasteiger partial charge in [-0.25, -0.2) is 0 Å². The number of rotatable bonds is 8. The lowest BCUT2D eigenvalue weighted by molar-refractivity contribution is -0.214. The van der Waals surface area contributed by atoms with E-state index in [0.717, 1.165) is 12.3 Å². The molecule has 9 heteroatoms. The quantitative estimate of drug-likeness (QED) is 0.286. The second kappa shape index (κ2) is 9.30. The van der Waals surface area contributed by atoms with Crippen molar-refractivity contribution in [1.29, 1.82) is 0 Å². The van der Waals surface area contributed by atoms with Crippen LogP contribution in [0.4, 0.5) is 0 Å². The molecule has 4 aliphatic carbocycles. The molecule has 4 saturated carbocycles. The number of carbonyl (C=O) groups excluding carboxylic acids is 3. The van der Waals surface area contributed by atoms with Gasteiger partial charge in [0.2, 0.25) is 6.29 Å². The summed E-state index contributed by atoms with van der Waals surface area (Å²) >= 11 is 0. The second-order valence-corrected chi connectivity index (χ2v) is 11.8. The van der Waals surface area contributed by atoms with Gasteiger partial charge in [0.05, 0.1) is 37.7 Å². The second-order valence-electron chi connectivity index (χ2n) is 11.8. The standard InChI is InChI=1S/C26H37NO8/c1-13(2)26(32-18-10-14-3-4-15(18)9-14)35-25(30)21-16-11-17-20(21)24(29)34-23(17)22(16)33-19(28)12-27-5-7-31-8-6-27/h13-18,20-23,26H,3-12H2,1-2H3. The Hall–Kier alpha value is -1.71. The maximum atomic E-state index is 13.5. The van der Waals surface area contributed by atoms with Gasteiger partial charge in [0.25, 0.3) is 0 Å². The first-order chi connectivity index (χ1) is 16.9. The molecule has 0 amide bonds. The van der Waals surface area contributed by atoms with Gasteiger partial charge in [0.1, 0.15) is 12.2 Å². The Balaban J connectivity index is 1.12. The predicted molar refractivity (Wildman–Crippen MR) is 121 cm³/mol. The number of nitrogens with zero attached hydrogens (tertiary/aromatic N) is 1. The van der Waals surface area contributed by atoms with Gasteiger partial charge in [0.15, 0.2) is 0 Å². The zero-order chi connectivity index (χ0) is 24.3. The van der Waals surface area contributed by atoms with E-state index in [1.165, 1.54) is 19.3 Å². The molecular formula is C26H37NO8. The van der Waals surface area contributed by atoms with Crippen molar-refractivity contribution in [1.82, 2.24) is 4.90 Å². The van der Waals surface area contributed by atoms with E-state index in [4.69, 9.17) is 23.7 Å². The van der Waals surface area contributed by atoms with Crippen molar-refractivity contribution in [3.05, 3.63) is 0 Å². The third-order valence-corrected chi connectivity index (χ3v) is 9.30. The lowest BCUT2D eigenvalue weighted by Crippen LogP contribution is -2.47. The van der Waals surface area contributed by atoms with Crippen LogP contribution in [0.3, 0.4) is 0 Å². The van der Waals surface area contributed by atoms with Crippen molar-refractivity contribution in [3.8, 4) is 0 Å². The summed E-state index contributed by atoms with van der Waals surface area (Å²) in [6.07, 6.45) is 3.80. The van der Waals surface area contributed by atoms with Crippen LogP contribution in [0.2, 0.25) is 0 Å². The maximum Gasteiger partial charge on any atom is 0.320 e. The first kappa shape index (κ1) is 23.7. The smallest absolute Gasteiger partial charge is 0.320 e. The Morgan fingerprint density at radius 2 is 1.89 bits per heavy atom. The van der Waals surface area contributed by atoms with Gasteiger partial charge in [-0.3, -0.25) is 19.3 Å². The molecule has 0 radical (unpaired) electrons. The summed E-state index contributed by atoms with van der Waals surface area (Å²) in [6, 6.07) is 0. The number of ether oxygens (including phenoxy) is 5. The topological polar surface area (TPSA) is 101 Å². The first-order valence-corrected chi connectivity index (χ1v) is 13.4. The molecule has 10 unspecified atom stereocenters. The molecule has 2 heterocycles. The molecule has 6 aliphatic rings. The van der Waals surface area contributed by atoms with Crippen molar-refractivity contribution >= 4 is 17.9 Å². The van der Waals surface area contributed by atoms with Gasteiger partial charge in [-0.15, -0.1) is 0 Å². The molecule has 2 saturated heterocycles. The van der Waals surface area contributed by atoms with Gasteiger partial charge in [0, 0.05) is 30.8 Å². The predicted octanol–water partition coefficient (Wildman–Crippen LogP) is 1.77. The van der Waals surface area contributed by atoms with Crippen LogP contribution in [0.5, 0.6) is 0 Å². The molecule has 4 bridgehead atoms. The van der Waals surface area contributed by atoms with Gasteiger partial charge >= 0.3 is 17.9 Å². The molecule has 194 valence electrons. The first-order valence-electron chi connectivity index (χ1n) is 13.4. The highest BCUT2D eigenvalue weighted by Crippen LogP contribution is 2.59. The van der Waals surface area contributed by atoms with Crippen LogP contribution in [-0.2, 0) is 38.1 Å². The Kier molecular flexibility index (Phi) is 6.29. The van der Waals surface area contributed by atoms with Gasteiger partial charge < -0.3 is 23.7 Å². The van der Waals surface area contributed by atoms with E-state index in [2.05, 4.69) is 0 Å². The highest BCUT2D eigenvalue weighted by molar-refractivity contribution is 5.86. The van der Waals surface area contributed by atoms with Crippen LogP contribution in [0.1, 0.15) is 46.0 Å². The Labute approximate surface area is 206 Å². The molecule has 2 aliphatic heterocycles. The minimum absolute atomic E-state index is 0.00194. The van der Waals surface area contributed by atoms with Crippen LogP contribution in [0.25, 0.3) is 0 Å². The van der Waals surface area contributed by atoms with Crippen molar-refractivity contribution < 1.29 is 38.1 Å². The summed E-state index contributed by atoms with van der Waals surface area (Å²) in [7, 11) is 0. The zero-order valence-electron chi connectivity index (χ0n) is 20.6. The average molecular weight is 492 g/mol. The summed E-state index contributed by atoms with van der Waals surface area (Å²) in [5.41, 5.74) is 0. The molecular weight excluding hydrogens is 454 g/mol. The van der Waals surface area contributed by atoms with Crippen LogP contribution >= 0.6 is 0 Å². The molecule has 0 aromatic heterocycles. The third kappa shape index (κ3) is 4.27. The Morgan fingerprint density at radius 1 is 1.09 bits per heavy atom. The van der Waals surface area contributed by atoms with E-state index in [1.807, 2.05) is 18.7 Å². The molecule has 0 aromatic rings. The van der Waals surface area contributed by atoms with E-state index in [9.17, 15) is 14.4 Å². The van der Waals surface area contributed by atoms with E-state index in [1.54, 1.807) is 0 Å². The summed E-state index contributed by atoms with van der Waals surface area (Å²) in [5, 5.41) is 0. The van der Waals surface area contributed by atoms with E-state index >= 15 is 0 Å². The van der Waals surface area contributed by atoms with Crippen molar-refractivity contribution in [2.75, 3.05) is 32.8 Å². The fourth-order valence-electron chi connectivity index (χ4n) is 7.64. The van der Waals surface area contributed by atoms with Crippen molar-refractivity contribution in [2.24, 2.45) is 41.4 Å². The monoisotopic (exact) mass is 491 g/mol. The molecule has 10 atom stereocenters. The van der Waals surface area contributed by atoms with Crippen molar-refractivity contribution in [3.63, 3.8) is 0 Å².